The number of thioether (sulfide) groups is 1. The van der Waals surface area contributed by atoms with Crippen LogP contribution in [0.15, 0.2) is 4.99 Å². The van der Waals surface area contributed by atoms with Gasteiger partial charge in [0, 0.05) is 25.4 Å². The van der Waals surface area contributed by atoms with Crippen LogP contribution in [0.4, 0.5) is 0 Å². The smallest absolute Gasteiger partial charge is 0.159 e. The fraction of sp³-hybridized carbons (Fsp3) is 0.889. The normalized spacial score (nSPS) is 47.3. The Morgan fingerprint density at radius 1 is 1.69 bits per heavy atom. The quantitative estimate of drug-likeness (QED) is 0.543. The van der Waals surface area contributed by atoms with Crippen molar-refractivity contribution in [1.82, 2.24) is 4.90 Å². The van der Waals surface area contributed by atoms with E-state index in [0.717, 1.165) is 11.6 Å². The van der Waals surface area contributed by atoms with Gasteiger partial charge in [0.05, 0.1) is 7.85 Å². The molecule has 0 amide bonds. The second-order valence-corrected chi connectivity index (χ2v) is 5.38. The summed E-state index contributed by atoms with van der Waals surface area (Å²) in [6.45, 7) is 2.16. The van der Waals surface area contributed by atoms with Gasteiger partial charge in [-0.25, -0.2) is 0 Å². The maximum absolute atomic E-state index is 6.24. The minimum absolute atomic E-state index is 0.00394. The van der Waals surface area contributed by atoms with Crippen LogP contribution >= 0.6 is 11.8 Å². The first-order valence-electron chi connectivity index (χ1n) is 4.71. The molecule has 2 aliphatic rings. The third-order valence-electron chi connectivity index (χ3n) is 3.20. The van der Waals surface area contributed by atoms with Gasteiger partial charge in [0.25, 0.3) is 0 Å². The molecule has 1 saturated heterocycles. The summed E-state index contributed by atoms with van der Waals surface area (Å²) in [5, 5.41) is 1.68. The van der Waals surface area contributed by atoms with E-state index in [4.69, 9.17) is 7.85 Å². The zero-order valence-corrected chi connectivity index (χ0v) is 9.27. The Balaban J connectivity index is 2.24. The van der Waals surface area contributed by atoms with E-state index in [1.54, 1.807) is 0 Å². The molecule has 4 heteroatoms. The fourth-order valence-corrected chi connectivity index (χ4v) is 3.85. The molecule has 1 aliphatic heterocycles. The summed E-state index contributed by atoms with van der Waals surface area (Å²) in [5.74, 6) is 0. The molecule has 13 heavy (non-hydrogen) atoms. The van der Waals surface area contributed by atoms with Gasteiger partial charge in [-0.2, -0.15) is 0 Å². The van der Waals surface area contributed by atoms with Crippen LogP contribution in [0.2, 0.25) is 5.31 Å². The molecule has 1 heterocycles. The summed E-state index contributed by atoms with van der Waals surface area (Å²) in [4.78, 5) is 6.55. The lowest BCUT2D eigenvalue weighted by Crippen LogP contribution is -2.32. The minimum Gasteiger partial charge on any atom is -0.350 e. The van der Waals surface area contributed by atoms with Crippen molar-refractivity contribution in [3.63, 3.8) is 0 Å². The van der Waals surface area contributed by atoms with Gasteiger partial charge in [-0.1, -0.05) is 30.4 Å². The first-order chi connectivity index (χ1) is 6.06. The summed E-state index contributed by atoms with van der Waals surface area (Å²) in [6, 6.07) is 0.610. The number of amidine groups is 1. The van der Waals surface area contributed by atoms with E-state index in [0.29, 0.717) is 11.3 Å². The summed E-state index contributed by atoms with van der Waals surface area (Å²) in [6.07, 6.45) is 2.34. The first-order valence-corrected chi connectivity index (χ1v) is 5.59. The average molecular weight is 194 g/mol. The van der Waals surface area contributed by atoms with Crippen LogP contribution in [-0.2, 0) is 0 Å². The van der Waals surface area contributed by atoms with Gasteiger partial charge < -0.3 is 4.90 Å². The predicted octanol–water partition coefficient (Wildman–Crippen LogP) is 1.53. The Hall–Kier alpha value is -0.115. The van der Waals surface area contributed by atoms with Crippen LogP contribution in [0.5, 0.6) is 0 Å². The molecule has 0 bridgehead atoms. The highest BCUT2D eigenvalue weighted by atomic mass is 32.2. The van der Waals surface area contributed by atoms with Crippen LogP contribution in [0, 0.1) is 0 Å². The van der Waals surface area contributed by atoms with E-state index in [-0.39, 0.29) is 5.31 Å². The lowest BCUT2D eigenvalue weighted by molar-refractivity contribution is 0.392. The molecular weight excluding hydrogens is 179 g/mol. The van der Waals surface area contributed by atoms with Crippen LogP contribution in [0.3, 0.4) is 0 Å². The maximum atomic E-state index is 6.24. The maximum Gasteiger partial charge on any atom is 0.159 e. The Bertz CT molecular complexity index is 252. The molecule has 0 aromatic carbocycles. The molecule has 2 fully saturated rings. The number of fused-ring (bicyclic) bond motifs is 1. The second kappa shape index (κ2) is 2.94. The van der Waals surface area contributed by atoms with Crippen LogP contribution in [0.1, 0.15) is 19.8 Å². The largest absolute Gasteiger partial charge is 0.350 e. The number of hydrogen-bond donors (Lipinski definition) is 0. The van der Waals surface area contributed by atoms with Gasteiger partial charge in [-0.05, 0) is 6.42 Å². The monoisotopic (exact) mass is 194 g/mol. The van der Waals surface area contributed by atoms with E-state index in [1.165, 1.54) is 6.42 Å². The predicted molar refractivity (Wildman–Crippen MR) is 59.6 cm³/mol. The third kappa shape index (κ3) is 1.30. The van der Waals surface area contributed by atoms with E-state index in [9.17, 15) is 0 Å². The Labute approximate surface area is 85.6 Å². The van der Waals surface area contributed by atoms with Crippen molar-refractivity contribution in [2.75, 3.05) is 14.1 Å². The molecule has 0 N–H and O–H groups in total. The Morgan fingerprint density at radius 2 is 2.38 bits per heavy atom. The van der Waals surface area contributed by atoms with Gasteiger partial charge in [-0.3, -0.25) is 4.99 Å². The van der Waals surface area contributed by atoms with E-state index < -0.39 is 0 Å². The number of hydrogen-bond acceptors (Lipinski definition) is 2. The SMILES string of the molecule is [B]C1(C)CCC2[C@@H]1SC(=NC)N2C. The molecule has 0 aromatic heterocycles. The molecule has 2 rings (SSSR count). The lowest BCUT2D eigenvalue weighted by Gasteiger charge is -2.25. The summed E-state index contributed by atoms with van der Waals surface area (Å²) < 4.78 is 0. The molecule has 1 saturated carbocycles. The van der Waals surface area contributed by atoms with Crippen molar-refractivity contribution in [3.8, 4) is 0 Å². The molecule has 70 valence electrons. The van der Waals surface area contributed by atoms with Crippen LogP contribution in [-0.4, -0.2) is 43.3 Å². The highest BCUT2D eigenvalue weighted by Gasteiger charge is 2.49. The van der Waals surface area contributed by atoms with Crippen molar-refractivity contribution in [3.05, 3.63) is 0 Å². The molecule has 2 unspecified atom stereocenters. The number of aliphatic imine (C=N–C) groups is 1. The molecule has 3 atom stereocenters. The molecular formula is C9H15BN2S. The third-order valence-corrected chi connectivity index (χ3v) is 4.99. The van der Waals surface area contributed by atoms with E-state index >= 15 is 0 Å². The first kappa shape index (κ1) is 9.44. The standard InChI is InChI=1S/C9H15BN2S/c1-9(10)5-4-6-7(9)13-8(11-2)12(6)3/h6-7H,4-5H2,1-3H3/t6?,7-,9?/m0/s1. The van der Waals surface area contributed by atoms with Crippen LogP contribution < -0.4 is 0 Å². The minimum atomic E-state index is -0.00394. The van der Waals surface area contributed by atoms with Gasteiger partial charge >= 0.3 is 0 Å². The highest BCUT2D eigenvalue weighted by molar-refractivity contribution is 8.14. The van der Waals surface area contributed by atoms with Gasteiger partial charge in [-0.15, -0.1) is 0 Å². The zero-order valence-electron chi connectivity index (χ0n) is 8.45. The highest BCUT2D eigenvalue weighted by Crippen LogP contribution is 2.53. The van der Waals surface area contributed by atoms with E-state index in [1.807, 2.05) is 18.8 Å². The van der Waals surface area contributed by atoms with E-state index in [2.05, 4.69) is 23.9 Å². The molecule has 1 aliphatic carbocycles. The van der Waals surface area contributed by atoms with Crippen molar-refractivity contribution in [2.24, 2.45) is 4.99 Å². The van der Waals surface area contributed by atoms with Crippen LogP contribution in [0.25, 0.3) is 0 Å². The van der Waals surface area contributed by atoms with Gasteiger partial charge in [0.2, 0.25) is 0 Å². The van der Waals surface area contributed by atoms with Crippen molar-refractivity contribution in [1.29, 1.82) is 0 Å². The molecule has 2 nitrogen and oxygen atoms in total. The Kier molecular flexibility index (Phi) is 2.14. The summed E-state index contributed by atoms with van der Waals surface area (Å²) in [7, 11) is 10.2. The number of nitrogens with zero attached hydrogens (tertiary/aromatic N) is 2. The van der Waals surface area contributed by atoms with Crippen molar-refractivity contribution >= 4 is 24.8 Å². The number of rotatable bonds is 0. The van der Waals surface area contributed by atoms with Gasteiger partial charge in [0.1, 0.15) is 0 Å². The molecule has 0 aromatic rings. The topological polar surface area (TPSA) is 15.6 Å². The lowest BCUT2D eigenvalue weighted by atomic mass is 9.69. The van der Waals surface area contributed by atoms with Crippen molar-refractivity contribution in [2.45, 2.75) is 36.4 Å². The summed E-state index contributed by atoms with van der Waals surface area (Å²) in [5.41, 5.74) is 0. The molecule has 2 radical (unpaired) electrons. The average Bonchev–Trinajstić information content (AvgIpc) is 2.53. The van der Waals surface area contributed by atoms with Crippen molar-refractivity contribution < 1.29 is 0 Å². The van der Waals surface area contributed by atoms with Gasteiger partial charge in [0.15, 0.2) is 5.17 Å². The Morgan fingerprint density at radius 3 is 2.92 bits per heavy atom. The summed E-state index contributed by atoms with van der Waals surface area (Å²) >= 11 is 1.85. The second-order valence-electron chi connectivity index (χ2n) is 4.27. The zero-order chi connectivity index (χ0) is 9.64. The molecule has 0 spiro atoms. The fourth-order valence-electron chi connectivity index (χ4n) is 2.35.